The number of methoxy groups -OCH3 is 2. The number of rotatable bonds is 6. The summed E-state index contributed by atoms with van der Waals surface area (Å²) in [6.45, 7) is 0.836. The van der Waals surface area contributed by atoms with E-state index in [4.69, 9.17) is 21.1 Å². The van der Waals surface area contributed by atoms with Crippen molar-refractivity contribution in [2.75, 3.05) is 19.5 Å². The zero-order valence-electron chi connectivity index (χ0n) is 11.3. The lowest BCUT2D eigenvalue weighted by atomic mass is 10.2. The standard InChI is InChI=1S/C13H15ClN4O2/c1-19-8-12-17-10(14)6-11(18-12)16-7-9-4-3-5-15-13(9)20-2/h3-6H,7-8H2,1-2H3,(H,16,17,18). The van der Waals surface area contributed by atoms with Crippen LogP contribution in [-0.4, -0.2) is 29.2 Å². The highest BCUT2D eigenvalue weighted by molar-refractivity contribution is 6.29. The van der Waals surface area contributed by atoms with E-state index >= 15 is 0 Å². The van der Waals surface area contributed by atoms with Crippen molar-refractivity contribution >= 4 is 17.4 Å². The molecule has 0 aromatic carbocycles. The average Bonchev–Trinajstić information content (AvgIpc) is 2.45. The number of nitrogens with one attached hydrogen (secondary N) is 1. The van der Waals surface area contributed by atoms with Gasteiger partial charge in [-0.2, -0.15) is 0 Å². The van der Waals surface area contributed by atoms with Crippen molar-refractivity contribution < 1.29 is 9.47 Å². The summed E-state index contributed by atoms with van der Waals surface area (Å²) in [7, 11) is 3.17. The van der Waals surface area contributed by atoms with Crippen LogP contribution in [0.1, 0.15) is 11.4 Å². The predicted molar refractivity (Wildman–Crippen MR) is 75.9 cm³/mol. The lowest BCUT2D eigenvalue weighted by Crippen LogP contribution is -2.06. The fourth-order valence-electron chi connectivity index (χ4n) is 1.68. The first-order valence-electron chi connectivity index (χ1n) is 5.97. The van der Waals surface area contributed by atoms with E-state index < -0.39 is 0 Å². The maximum atomic E-state index is 5.94. The maximum absolute atomic E-state index is 5.94. The molecule has 7 heteroatoms. The van der Waals surface area contributed by atoms with Crippen LogP contribution >= 0.6 is 11.6 Å². The van der Waals surface area contributed by atoms with E-state index in [1.54, 1.807) is 26.5 Å². The largest absolute Gasteiger partial charge is 0.481 e. The Kier molecular flexibility index (Phi) is 5.09. The number of halogens is 1. The van der Waals surface area contributed by atoms with Crippen molar-refractivity contribution in [3.05, 3.63) is 40.9 Å². The lowest BCUT2D eigenvalue weighted by Gasteiger charge is -2.10. The van der Waals surface area contributed by atoms with Crippen LogP contribution in [0.2, 0.25) is 5.15 Å². The molecule has 0 atom stereocenters. The number of pyridine rings is 1. The Morgan fingerprint density at radius 3 is 2.90 bits per heavy atom. The van der Waals surface area contributed by atoms with Gasteiger partial charge in [-0.05, 0) is 6.07 Å². The molecular formula is C13H15ClN4O2. The SMILES string of the molecule is COCc1nc(Cl)cc(NCc2cccnc2OC)n1. The molecular weight excluding hydrogens is 280 g/mol. The molecule has 0 unspecified atom stereocenters. The molecule has 2 rings (SSSR count). The van der Waals surface area contributed by atoms with E-state index in [9.17, 15) is 0 Å². The number of hydrogen-bond donors (Lipinski definition) is 1. The molecule has 0 spiro atoms. The zero-order chi connectivity index (χ0) is 14.4. The highest BCUT2D eigenvalue weighted by Gasteiger charge is 2.06. The topological polar surface area (TPSA) is 69.2 Å². The number of ether oxygens (including phenoxy) is 2. The summed E-state index contributed by atoms with van der Waals surface area (Å²) in [4.78, 5) is 12.5. The molecule has 0 aliphatic heterocycles. The summed E-state index contributed by atoms with van der Waals surface area (Å²) in [5.74, 6) is 1.74. The van der Waals surface area contributed by atoms with Gasteiger partial charge in [0.2, 0.25) is 5.88 Å². The van der Waals surface area contributed by atoms with Gasteiger partial charge in [0.05, 0.1) is 7.11 Å². The summed E-state index contributed by atoms with van der Waals surface area (Å²) in [5.41, 5.74) is 0.929. The van der Waals surface area contributed by atoms with Crippen LogP contribution in [0, 0.1) is 0 Å². The highest BCUT2D eigenvalue weighted by atomic mass is 35.5. The van der Waals surface area contributed by atoms with Crippen molar-refractivity contribution in [1.29, 1.82) is 0 Å². The molecule has 106 valence electrons. The van der Waals surface area contributed by atoms with Crippen LogP contribution in [0.3, 0.4) is 0 Å². The molecule has 20 heavy (non-hydrogen) atoms. The van der Waals surface area contributed by atoms with Gasteiger partial charge in [0.1, 0.15) is 17.6 Å². The molecule has 0 saturated carbocycles. The van der Waals surface area contributed by atoms with E-state index in [0.717, 1.165) is 5.56 Å². The third-order valence-electron chi connectivity index (χ3n) is 2.52. The molecule has 0 saturated heterocycles. The predicted octanol–water partition coefficient (Wildman–Crippen LogP) is 2.29. The van der Waals surface area contributed by atoms with Crippen molar-refractivity contribution in [2.45, 2.75) is 13.2 Å². The summed E-state index contributed by atoms with van der Waals surface area (Å²) >= 11 is 5.94. The average molecular weight is 295 g/mol. The Hall–Kier alpha value is -1.92. The zero-order valence-corrected chi connectivity index (χ0v) is 12.0. The highest BCUT2D eigenvalue weighted by Crippen LogP contribution is 2.17. The minimum absolute atomic E-state index is 0.311. The summed E-state index contributed by atoms with van der Waals surface area (Å²) < 4.78 is 10.2. The van der Waals surface area contributed by atoms with Crippen LogP contribution in [0.5, 0.6) is 5.88 Å². The molecule has 0 aliphatic rings. The third kappa shape index (κ3) is 3.79. The minimum Gasteiger partial charge on any atom is -0.481 e. The van der Waals surface area contributed by atoms with Crippen molar-refractivity contribution in [3.63, 3.8) is 0 Å². The van der Waals surface area contributed by atoms with Crippen molar-refractivity contribution in [1.82, 2.24) is 15.0 Å². The number of hydrogen-bond acceptors (Lipinski definition) is 6. The third-order valence-corrected chi connectivity index (χ3v) is 2.71. The van der Waals surface area contributed by atoms with Crippen molar-refractivity contribution in [2.24, 2.45) is 0 Å². The smallest absolute Gasteiger partial charge is 0.218 e. The van der Waals surface area contributed by atoms with Crippen LogP contribution < -0.4 is 10.1 Å². The van der Waals surface area contributed by atoms with Gasteiger partial charge in [-0.1, -0.05) is 17.7 Å². The number of nitrogens with zero attached hydrogens (tertiary/aromatic N) is 3. The molecule has 6 nitrogen and oxygen atoms in total. The Bertz CT molecular complexity index is 580. The lowest BCUT2D eigenvalue weighted by molar-refractivity contribution is 0.178. The second-order valence-corrected chi connectivity index (χ2v) is 4.34. The first kappa shape index (κ1) is 14.5. The molecule has 0 radical (unpaired) electrons. The Morgan fingerprint density at radius 2 is 2.15 bits per heavy atom. The van der Waals surface area contributed by atoms with Crippen LogP contribution in [-0.2, 0) is 17.9 Å². The number of anilines is 1. The molecule has 0 aliphatic carbocycles. The van der Waals surface area contributed by atoms with E-state index in [1.165, 1.54) is 0 Å². The van der Waals surface area contributed by atoms with Gasteiger partial charge in [-0.3, -0.25) is 0 Å². The van der Waals surface area contributed by atoms with Gasteiger partial charge in [-0.15, -0.1) is 0 Å². The second-order valence-electron chi connectivity index (χ2n) is 3.95. The Balaban J connectivity index is 2.10. The summed E-state index contributed by atoms with van der Waals surface area (Å²) in [6, 6.07) is 5.43. The summed E-state index contributed by atoms with van der Waals surface area (Å²) in [6.07, 6.45) is 1.68. The van der Waals surface area contributed by atoms with Crippen molar-refractivity contribution in [3.8, 4) is 5.88 Å². The molecule has 0 bridgehead atoms. The monoisotopic (exact) mass is 294 g/mol. The van der Waals surface area contributed by atoms with Gasteiger partial charge in [0, 0.05) is 31.5 Å². The fourth-order valence-corrected chi connectivity index (χ4v) is 1.88. The first-order chi connectivity index (χ1) is 9.72. The molecule has 2 aromatic rings. The van der Waals surface area contributed by atoms with Crippen LogP contribution in [0.15, 0.2) is 24.4 Å². The van der Waals surface area contributed by atoms with Gasteiger partial charge >= 0.3 is 0 Å². The number of aromatic nitrogens is 3. The molecule has 2 heterocycles. The Morgan fingerprint density at radius 1 is 1.30 bits per heavy atom. The molecule has 1 N–H and O–H groups in total. The van der Waals surface area contributed by atoms with Crippen LogP contribution in [0.4, 0.5) is 5.82 Å². The van der Waals surface area contributed by atoms with Gasteiger partial charge in [0.25, 0.3) is 0 Å². The van der Waals surface area contributed by atoms with Crippen LogP contribution in [0.25, 0.3) is 0 Å². The van der Waals surface area contributed by atoms with E-state index in [2.05, 4.69) is 20.3 Å². The Labute approximate surface area is 122 Å². The van der Waals surface area contributed by atoms with E-state index in [0.29, 0.717) is 35.8 Å². The first-order valence-corrected chi connectivity index (χ1v) is 6.35. The van der Waals surface area contributed by atoms with Gasteiger partial charge in [0.15, 0.2) is 5.82 Å². The molecule has 0 fully saturated rings. The van der Waals surface area contributed by atoms with Gasteiger partial charge < -0.3 is 14.8 Å². The van der Waals surface area contributed by atoms with E-state index in [-0.39, 0.29) is 0 Å². The maximum Gasteiger partial charge on any atom is 0.218 e. The van der Waals surface area contributed by atoms with Gasteiger partial charge in [-0.25, -0.2) is 15.0 Å². The second kappa shape index (κ2) is 7.02. The molecule has 0 amide bonds. The fraction of sp³-hybridized carbons (Fsp3) is 0.308. The summed E-state index contributed by atoms with van der Waals surface area (Å²) in [5, 5.41) is 3.53. The molecule has 2 aromatic heterocycles. The normalized spacial score (nSPS) is 10.3. The minimum atomic E-state index is 0.311. The quantitative estimate of drug-likeness (QED) is 0.824. The van der Waals surface area contributed by atoms with E-state index in [1.807, 2.05) is 12.1 Å².